The molecule has 0 spiro atoms. The summed E-state index contributed by atoms with van der Waals surface area (Å²) in [5, 5.41) is 0. The van der Waals surface area contributed by atoms with Crippen molar-refractivity contribution in [3.63, 3.8) is 0 Å². The summed E-state index contributed by atoms with van der Waals surface area (Å²) >= 11 is 1.89. The Morgan fingerprint density at radius 1 is 1.05 bits per heavy atom. The van der Waals surface area contributed by atoms with E-state index in [4.69, 9.17) is 9.47 Å². The van der Waals surface area contributed by atoms with Crippen LogP contribution in [0.2, 0.25) is 0 Å². The van der Waals surface area contributed by atoms with Crippen molar-refractivity contribution >= 4 is 17.7 Å². The average molecular weight is 310 g/mol. The first-order valence-electron chi connectivity index (χ1n) is 7.68. The third-order valence-corrected chi connectivity index (χ3v) is 4.26. The predicted octanol–water partition coefficient (Wildman–Crippen LogP) is 4.69. The van der Waals surface area contributed by atoms with Gasteiger partial charge in [0, 0.05) is 11.3 Å². The summed E-state index contributed by atoms with van der Waals surface area (Å²) in [5.41, 5.74) is 0. The number of ether oxygens (including phenoxy) is 2. The second-order valence-corrected chi connectivity index (χ2v) is 6.02. The van der Waals surface area contributed by atoms with Crippen LogP contribution in [-0.4, -0.2) is 25.4 Å². The van der Waals surface area contributed by atoms with Crippen LogP contribution in [0.1, 0.15) is 45.4 Å². The number of carbonyl (C=O) groups is 1. The van der Waals surface area contributed by atoms with Gasteiger partial charge in [-0.1, -0.05) is 19.3 Å². The number of benzene rings is 1. The van der Waals surface area contributed by atoms with Crippen molar-refractivity contribution in [2.75, 3.05) is 19.5 Å². The molecule has 4 heteroatoms. The molecular formula is C17H26O3S. The fraction of sp³-hybridized carbons (Fsp3) is 0.588. The number of rotatable bonds is 11. The molecule has 0 aromatic heterocycles. The number of hydrogen-bond donors (Lipinski definition) is 0. The van der Waals surface area contributed by atoms with E-state index in [0.29, 0.717) is 13.0 Å². The van der Waals surface area contributed by atoms with Crippen LogP contribution in [0.15, 0.2) is 29.2 Å². The molecule has 1 aromatic rings. The molecular weight excluding hydrogens is 284 g/mol. The predicted molar refractivity (Wildman–Crippen MR) is 88.1 cm³/mol. The molecule has 0 radical (unpaired) electrons. The molecule has 0 saturated heterocycles. The number of methoxy groups -OCH3 is 1. The number of unbranched alkanes of at least 4 members (excludes halogenated alkanes) is 4. The van der Waals surface area contributed by atoms with Crippen LogP contribution in [0.3, 0.4) is 0 Å². The highest BCUT2D eigenvalue weighted by Gasteiger charge is 2.00. The Balaban J connectivity index is 1.95. The average Bonchev–Trinajstić information content (AvgIpc) is 2.51. The van der Waals surface area contributed by atoms with Gasteiger partial charge in [0.15, 0.2) is 0 Å². The van der Waals surface area contributed by atoms with E-state index in [1.54, 1.807) is 7.11 Å². The lowest BCUT2D eigenvalue weighted by Gasteiger charge is -2.04. The van der Waals surface area contributed by atoms with E-state index in [1.165, 1.54) is 24.2 Å². The molecule has 1 aromatic carbocycles. The molecule has 0 fully saturated rings. The van der Waals surface area contributed by atoms with Crippen molar-refractivity contribution in [3.8, 4) is 5.75 Å². The van der Waals surface area contributed by atoms with E-state index < -0.39 is 0 Å². The molecule has 0 unspecified atom stereocenters. The summed E-state index contributed by atoms with van der Waals surface area (Å²) in [6.45, 7) is 2.33. The van der Waals surface area contributed by atoms with E-state index in [-0.39, 0.29) is 5.97 Å². The molecule has 0 aliphatic rings. The number of carbonyl (C=O) groups excluding carboxylic acids is 1. The van der Waals surface area contributed by atoms with Crippen LogP contribution in [0.4, 0.5) is 0 Å². The maximum absolute atomic E-state index is 11.1. The van der Waals surface area contributed by atoms with E-state index in [2.05, 4.69) is 12.1 Å². The van der Waals surface area contributed by atoms with Gasteiger partial charge in [-0.15, -0.1) is 11.8 Å². The molecule has 0 saturated carbocycles. The molecule has 0 amide bonds. The minimum atomic E-state index is -0.0624. The van der Waals surface area contributed by atoms with Gasteiger partial charge in [-0.3, -0.25) is 4.79 Å². The molecule has 0 atom stereocenters. The normalized spacial score (nSPS) is 10.4. The van der Waals surface area contributed by atoms with Gasteiger partial charge < -0.3 is 9.47 Å². The van der Waals surface area contributed by atoms with Crippen molar-refractivity contribution < 1.29 is 14.3 Å². The molecule has 1 rings (SSSR count). The highest BCUT2D eigenvalue weighted by molar-refractivity contribution is 7.99. The maximum atomic E-state index is 11.1. The molecule has 21 heavy (non-hydrogen) atoms. The Hall–Kier alpha value is -1.16. The second-order valence-electron chi connectivity index (χ2n) is 4.85. The summed E-state index contributed by atoms with van der Waals surface area (Å²) in [6, 6.07) is 8.20. The van der Waals surface area contributed by atoms with Crippen LogP contribution < -0.4 is 4.74 Å². The Labute approximate surface area is 132 Å². The Morgan fingerprint density at radius 2 is 1.71 bits per heavy atom. The zero-order valence-electron chi connectivity index (χ0n) is 13.1. The first-order chi connectivity index (χ1) is 10.3. The lowest BCUT2D eigenvalue weighted by atomic mass is 10.1. The molecule has 0 aliphatic carbocycles. The summed E-state index contributed by atoms with van der Waals surface area (Å²) in [6.07, 6.45) is 6.27. The van der Waals surface area contributed by atoms with E-state index in [9.17, 15) is 4.79 Å². The van der Waals surface area contributed by atoms with Gasteiger partial charge in [-0.05, 0) is 49.8 Å². The fourth-order valence-electron chi connectivity index (χ4n) is 2.00. The van der Waals surface area contributed by atoms with Crippen LogP contribution >= 0.6 is 11.8 Å². The van der Waals surface area contributed by atoms with Crippen molar-refractivity contribution in [1.29, 1.82) is 0 Å². The standard InChI is InChI=1S/C17H26O3S/c1-3-20-17(18)9-7-5-4-6-8-14-21-16-12-10-15(19-2)11-13-16/h10-13H,3-9,14H2,1-2H3. The smallest absolute Gasteiger partial charge is 0.305 e. The maximum Gasteiger partial charge on any atom is 0.305 e. The first kappa shape index (κ1) is 17.9. The van der Waals surface area contributed by atoms with Crippen molar-refractivity contribution in [2.24, 2.45) is 0 Å². The highest BCUT2D eigenvalue weighted by Crippen LogP contribution is 2.22. The SMILES string of the molecule is CCOC(=O)CCCCCCCSc1ccc(OC)cc1. The zero-order chi connectivity index (χ0) is 15.3. The first-order valence-corrected chi connectivity index (χ1v) is 8.67. The van der Waals surface area contributed by atoms with Crippen LogP contribution in [0.5, 0.6) is 5.75 Å². The van der Waals surface area contributed by atoms with Crippen LogP contribution in [0.25, 0.3) is 0 Å². The Bertz CT molecular complexity index is 390. The molecule has 118 valence electrons. The molecule has 3 nitrogen and oxygen atoms in total. The quantitative estimate of drug-likeness (QED) is 0.337. The fourth-order valence-corrected chi connectivity index (χ4v) is 2.91. The van der Waals surface area contributed by atoms with Crippen molar-refractivity contribution in [1.82, 2.24) is 0 Å². The van der Waals surface area contributed by atoms with Crippen LogP contribution in [-0.2, 0) is 9.53 Å². The van der Waals surface area contributed by atoms with Gasteiger partial charge in [-0.2, -0.15) is 0 Å². The Morgan fingerprint density at radius 3 is 2.38 bits per heavy atom. The summed E-state index contributed by atoms with van der Waals surface area (Å²) in [7, 11) is 1.68. The van der Waals surface area contributed by atoms with Gasteiger partial charge in [0.05, 0.1) is 13.7 Å². The highest BCUT2D eigenvalue weighted by atomic mass is 32.2. The van der Waals surface area contributed by atoms with Gasteiger partial charge in [-0.25, -0.2) is 0 Å². The van der Waals surface area contributed by atoms with Crippen molar-refractivity contribution in [3.05, 3.63) is 24.3 Å². The zero-order valence-corrected chi connectivity index (χ0v) is 13.9. The molecule has 0 aliphatic heterocycles. The third kappa shape index (κ3) is 8.66. The largest absolute Gasteiger partial charge is 0.497 e. The number of thioether (sulfide) groups is 1. The minimum Gasteiger partial charge on any atom is -0.497 e. The second kappa shape index (κ2) is 11.5. The number of esters is 1. The van der Waals surface area contributed by atoms with E-state index >= 15 is 0 Å². The van der Waals surface area contributed by atoms with Crippen molar-refractivity contribution in [2.45, 2.75) is 50.3 Å². The monoisotopic (exact) mass is 310 g/mol. The van der Waals surface area contributed by atoms with Gasteiger partial charge in [0.1, 0.15) is 5.75 Å². The Kier molecular flexibility index (Phi) is 9.79. The lowest BCUT2D eigenvalue weighted by molar-refractivity contribution is -0.143. The summed E-state index contributed by atoms with van der Waals surface area (Å²) in [4.78, 5) is 12.4. The summed E-state index contributed by atoms with van der Waals surface area (Å²) in [5.74, 6) is 1.98. The third-order valence-electron chi connectivity index (χ3n) is 3.16. The van der Waals surface area contributed by atoms with E-state index in [0.717, 1.165) is 24.3 Å². The van der Waals surface area contributed by atoms with Gasteiger partial charge in [0.2, 0.25) is 0 Å². The molecule has 0 heterocycles. The topological polar surface area (TPSA) is 35.5 Å². The van der Waals surface area contributed by atoms with Crippen LogP contribution in [0, 0.1) is 0 Å². The van der Waals surface area contributed by atoms with E-state index in [1.807, 2.05) is 30.8 Å². The minimum absolute atomic E-state index is 0.0624. The number of hydrogen-bond acceptors (Lipinski definition) is 4. The lowest BCUT2D eigenvalue weighted by Crippen LogP contribution is -2.03. The molecule has 0 bridgehead atoms. The van der Waals surface area contributed by atoms with Gasteiger partial charge >= 0.3 is 5.97 Å². The molecule has 0 N–H and O–H groups in total. The summed E-state index contributed by atoms with van der Waals surface area (Å²) < 4.78 is 10.0. The van der Waals surface area contributed by atoms with Gasteiger partial charge in [0.25, 0.3) is 0 Å².